The van der Waals surface area contributed by atoms with Crippen LogP contribution in [0.3, 0.4) is 0 Å². The smallest absolute Gasteiger partial charge is 0.107 e. The second-order valence-electron chi connectivity index (χ2n) is 4.30. The van der Waals surface area contributed by atoms with E-state index in [0.717, 1.165) is 41.5 Å². The second-order valence-corrected chi connectivity index (χ2v) is 6.04. The van der Waals surface area contributed by atoms with Gasteiger partial charge in [-0.15, -0.1) is 11.8 Å². The average molecular weight is 297 g/mol. The minimum Gasteiger partial charge on any atom is -0.389 e. The maximum Gasteiger partial charge on any atom is 0.107 e. The standard InChI is InChI=1S/C14H23N3S2/c1-4-17(3)10-9-16-11-7-6-8-12(19-5-2)13(11)14(15)18/h6-8,16H,4-5,9-10H2,1-3H3,(H2,15,18). The molecule has 3 N–H and O–H groups in total. The van der Waals surface area contributed by atoms with Gasteiger partial charge in [-0.1, -0.05) is 32.1 Å². The lowest BCUT2D eigenvalue weighted by molar-refractivity contribution is 0.367. The number of hydrogen-bond acceptors (Lipinski definition) is 4. The van der Waals surface area contributed by atoms with E-state index in [-0.39, 0.29) is 0 Å². The van der Waals surface area contributed by atoms with E-state index in [1.165, 1.54) is 0 Å². The molecule has 0 unspecified atom stereocenters. The summed E-state index contributed by atoms with van der Waals surface area (Å²) in [5.74, 6) is 1.01. The number of nitrogens with one attached hydrogen (secondary N) is 1. The van der Waals surface area contributed by atoms with Gasteiger partial charge >= 0.3 is 0 Å². The second kappa shape index (κ2) is 8.40. The van der Waals surface area contributed by atoms with E-state index >= 15 is 0 Å². The summed E-state index contributed by atoms with van der Waals surface area (Å²) in [5, 5.41) is 3.44. The topological polar surface area (TPSA) is 41.3 Å². The summed E-state index contributed by atoms with van der Waals surface area (Å²) in [6, 6.07) is 6.16. The first kappa shape index (κ1) is 16.3. The predicted octanol–water partition coefficient (Wildman–Crippen LogP) is 2.80. The third-order valence-corrected chi connectivity index (χ3v) is 4.07. The van der Waals surface area contributed by atoms with Crippen LogP contribution in [0.25, 0.3) is 0 Å². The SMILES string of the molecule is CCSc1cccc(NCCN(C)CC)c1C(N)=S. The van der Waals surface area contributed by atoms with Crippen LogP contribution in [0.1, 0.15) is 19.4 Å². The Kier molecular flexibility index (Phi) is 7.20. The molecule has 5 heteroatoms. The van der Waals surface area contributed by atoms with E-state index in [4.69, 9.17) is 18.0 Å². The molecule has 1 rings (SSSR count). The van der Waals surface area contributed by atoms with E-state index in [1.54, 1.807) is 11.8 Å². The van der Waals surface area contributed by atoms with E-state index in [1.807, 2.05) is 12.1 Å². The van der Waals surface area contributed by atoms with Gasteiger partial charge < -0.3 is 16.0 Å². The Morgan fingerprint density at radius 3 is 2.74 bits per heavy atom. The maximum atomic E-state index is 5.87. The highest BCUT2D eigenvalue weighted by Gasteiger charge is 2.10. The van der Waals surface area contributed by atoms with Crippen LogP contribution in [0.5, 0.6) is 0 Å². The Morgan fingerprint density at radius 2 is 2.16 bits per heavy atom. The molecule has 0 aromatic heterocycles. The predicted molar refractivity (Wildman–Crippen MR) is 90.4 cm³/mol. The molecule has 0 aliphatic rings. The molecule has 0 heterocycles. The number of benzene rings is 1. The van der Waals surface area contributed by atoms with Crippen LogP contribution in [0.2, 0.25) is 0 Å². The molecule has 0 saturated heterocycles. The van der Waals surface area contributed by atoms with Gasteiger partial charge in [-0.25, -0.2) is 0 Å². The van der Waals surface area contributed by atoms with Crippen LogP contribution in [0.4, 0.5) is 5.69 Å². The zero-order chi connectivity index (χ0) is 14.3. The quantitative estimate of drug-likeness (QED) is 0.570. The van der Waals surface area contributed by atoms with Crippen molar-refractivity contribution >= 4 is 34.7 Å². The zero-order valence-corrected chi connectivity index (χ0v) is 13.5. The van der Waals surface area contributed by atoms with Gasteiger partial charge in [-0.3, -0.25) is 0 Å². The summed E-state index contributed by atoms with van der Waals surface area (Å²) >= 11 is 6.96. The largest absolute Gasteiger partial charge is 0.389 e. The molecule has 19 heavy (non-hydrogen) atoms. The molecule has 0 spiro atoms. The first-order valence-corrected chi connectivity index (χ1v) is 7.97. The lowest BCUT2D eigenvalue weighted by Gasteiger charge is -2.17. The van der Waals surface area contributed by atoms with Crippen molar-refractivity contribution in [3.63, 3.8) is 0 Å². The maximum absolute atomic E-state index is 5.87. The van der Waals surface area contributed by atoms with Gasteiger partial charge in [0.05, 0.1) is 0 Å². The number of anilines is 1. The summed E-state index contributed by atoms with van der Waals surface area (Å²) in [4.78, 5) is 3.88. The van der Waals surface area contributed by atoms with Crippen molar-refractivity contribution in [2.24, 2.45) is 5.73 Å². The monoisotopic (exact) mass is 297 g/mol. The summed E-state index contributed by atoms with van der Waals surface area (Å²) in [6.45, 7) is 7.22. The Balaban J connectivity index is 2.81. The number of hydrogen-bond donors (Lipinski definition) is 2. The lowest BCUT2D eigenvalue weighted by Crippen LogP contribution is -2.25. The normalized spacial score (nSPS) is 10.7. The third kappa shape index (κ3) is 5.01. The Morgan fingerprint density at radius 1 is 1.42 bits per heavy atom. The van der Waals surface area contributed by atoms with E-state index in [0.29, 0.717) is 4.99 Å². The fraction of sp³-hybridized carbons (Fsp3) is 0.500. The fourth-order valence-corrected chi connectivity index (χ4v) is 2.88. The highest BCUT2D eigenvalue weighted by molar-refractivity contribution is 7.99. The molecule has 0 atom stereocenters. The van der Waals surface area contributed by atoms with Crippen molar-refractivity contribution < 1.29 is 0 Å². The molecule has 0 aliphatic heterocycles. The number of nitrogens with zero attached hydrogens (tertiary/aromatic N) is 1. The third-order valence-electron chi connectivity index (χ3n) is 2.92. The first-order chi connectivity index (χ1) is 9.10. The van der Waals surface area contributed by atoms with Crippen molar-refractivity contribution in [3.8, 4) is 0 Å². The highest BCUT2D eigenvalue weighted by atomic mass is 32.2. The van der Waals surface area contributed by atoms with Gasteiger partial charge in [0.1, 0.15) is 4.99 Å². The van der Waals surface area contributed by atoms with Gasteiger partial charge in [0.25, 0.3) is 0 Å². The van der Waals surface area contributed by atoms with Crippen LogP contribution < -0.4 is 11.1 Å². The Hall–Kier alpha value is -0.780. The molecule has 0 radical (unpaired) electrons. The lowest BCUT2D eigenvalue weighted by atomic mass is 10.1. The van der Waals surface area contributed by atoms with Crippen LogP contribution in [-0.2, 0) is 0 Å². The molecule has 1 aromatic rings. The number of thiocarbonyl (C=S) groups is 1. The van der Waals surface area contributed by atoms with Crippen molar-refractivity contribution in [2.75, 3.05) is 37.8 Å². The van der Waals surface area contributed by atoms with Crippen LogP contribution >= 0.6 is 24.0 Å². The average Bonchev–Trinajstić information content (AvgIpc) is 2.38. The van der Waals surface area contributed by atoms with Gasteiger partial charge in [-0.2, -0.15) is 0 Å². The molecular weight excluding hydrogens is 274 g/mol. The molecule has 1 aromatic carbocycles. The molecule has 0 bridgehead atoms. The van der Waals surface area contributed by atoms with Crippen LogP contribution in [-0.4, -0.2) is 42.3 Å². The van der Waals surface area contributed by atoms with Gasteiger partial charge in [-0.05, 0) is 31.5 Å². The van der Waals surface area contributed by atoms with Gasteiger partial charge in [0, 0.05) is 29.2 Å². The van der Waals surface area contributed by atoms with Crippen molar-refractivity contribution in [1.29, 1.82) is 0 Å². The van der Waals surface area contributed by atoms with E-state index in [2.05, 4.69) is 37.2 Å². The molecule has 0 amide bonds. The summed E-state index contributed by atoms with van der Waals surface area (Å²) < 4.78 is 0. The highest BCUT2D eigenvalue weighted by Crippen LogP contribution is 2.28. The first-order valence-electron chi connectivity index (χ1n) is 6.58. The number of thioether (sulfide) groups is 1. The summed E-state index contributed by atoms with van der Waals surface area (Å²) in [6.07, 6.45) is 0. The Bertz CT molecular complexity index is 421. The summed E-state index contributed by atoms with van der Waals surface area (Å²) in [5.41, 5.74) is 7.88. The van der Waals surface area contributed by atoms with Crippen molar-refractivity contribution in [3.05, 3.63) is 23.8 Å². The number of nitrogens with two attached hydrogens (primary N) is 1. The minimum absolute atomic E-state index is 0.461. The van der Waals surface area contributed by atoms with Gasteiger partial charge in [0.15, 0.2) is 0 Å². The fourth-order valence-electron chi connectivity index (χ4n) is 1.75. The van der Waals surface area contributed by atoms with Crippen LogP contribution in [0.15, 0.2) is 23.1 Å². The molecular formula is C14H23N3S2. The molecule has 0 saturated carbocycles. The minimum atomic E-state index is 0.461. The zero-order valence-electron chi connectivity index (χ0n) is 11.9. The molecule has 106 valence electrons. The van der Waals surface area contributed by atoms with E-state index < -0.39 is 0 Å². The molecule has 0 aliphatic carbocycles. The number of rotatable bonds is 8. The summed E-state index contributed by atoms with van der Waals surface area (Å²) in [7, 11) is 2.11. The van der Waals surface area contributed by atoms with Gasteiger partial charge in [0.2, 0.25) is 0 Å². The van der Waals surface area contributed by atoms with Crippen LogP contribution in [0, 0.1) is 0 Å². The number of likely N-dealkylation sites (N-methyl/N-ethyl adjacent to an activating group) is 1. The Labute approximate surface area is 125 Å². The van der Waals surface area contributed by atoms with Crippen molar-refractivity contribution in [2.45, 2.75) is 18.7 Å². The molecule has 0 fully saturated rings. The molecule has 3 nitrogen and oxygen atoms in total. The van der Waals surface area contributed by atoms with Crippen molar-refractivity contribution in [1.82, 2.24) is 4.90 Å². The van der Waals surface area contributed by atoms with E-state index in [9.17, 15) is 0 Å².